The summed E-state index contributed by atoms with van der Waals surface area (Å²) in [6.07, 6.45) is 1.07. The Morgan fingerprint density at radius 1 is 1.21 bits per heavy atom. The smallest absolute Gasteiger partial charge is 0.288 e. The van der Waals surface area contributed by atoms with Gasteiger partial charge >= 0.3 is 0 Å². The summed E-state index contributed by atoms with van der Waals surface area (Å²) in [5.41, 5.74) is 0.642. The van der Waals surface area contributed by atoms with Crippen LogP contribution in [0.1, 0.15) is 0 Å². The third-order valence-electron chi connectivity index (χ3n) is 2.32. The zero-order valence-electron chi connectivity index (χ0n) is 9.90. The van der Waals surface area contributed by atoms with Crippen LogP contribution in [0.25, 0.3) is 11.3 Å². The van der Waals surface area contributed by atoms with Gasteiger partial charge in [0.15, 0.2) is 5.82 Å². The average Bonchev–Trinajstić information content (AvgIpc) is 2.40. The molecule has 1 N–H and O–H groups in total. The zero-order valence-corrected chi connectivity index (χ0v) is 10.7. The molecule has 0 saturated carbocycles. The molecular formula is C12H10F3N3S. The van der Waals surface area contributed by atoms with Gasteiger partial charge < -0.3 is 5.32 Å². The van der Waals surface area contributed by atoms with E-state index < -0.39 is 11.6 Å². The summed E-state index contributed by atoms with van der Waals surface area (Å²) in [5, 5.41) is 2.71. The second-order valence-electron chi connectivity index (χ2n) is 3.54. The minimum atomic E-state index is -2.47. The lowest BCUT2D eigenvalue weighted by molar-refractivity contribution is 0.252. The Balaban J connectivity index is 2.31. The van der Waals surface area contributed by atoms with Crippen molar-refractivity contribution in [2.45, 2.75) is 10.7 Å². The molecule has 2 rings (SSSR count). The SMILES string of the molecule is CNc1ncc(F)c(-c2ccc(SC(F)F)cc2)n1. The lowest BCUT2D eigenvalue weighted by Crippen LogP contribution is -1.99. The Labute approximate surface area is 112 Å². The standard InChI is InChI=1S/C12H10F3N3S/c1-16-12-17-6-9(13)10(18-12)7-2-4-8(5-3-7)19-11(14)15/h2-6,11H,1H3,(H,16,17,18). The van der Waals surface area contributed by atoms with Crippen molar-refractivity contribution in [2.75, 3.05) is 12.4 Å². The normalized spacial score (nSPS) is 10.8. The Morgan fingerprint density at radius 2 is 1.89 bits per heavy atom. The predicted octanol–water partition coefficient (Wildman–Crippen LogP) is 3.64. The van der Waals surface area contributed by atoms with Crippen LogP contribution in [0.3, 0.4) is 0 Å². The van der Waals surface area contributed by atoms with Gasteiger partial charge in [0.05, 0.1) is 6.20 Å². The molecule has 1 aromatic carbocycles. The maximum absolute atomic E-state index is 13.6. The first-order valence-electron chi connectivity index (χ1n) is 5.35. The second-order valence-corrected chi connectivity index (χ2v) is 4.61. The van der Waals surface area contributed by atoms with E-state index in [1.54, 1.807) is 19.2 Å². The molecule has 0 atom stereocenters. The number of anilines is 1. The highest BCUT2D eigenvalue weighted by molar-refractivity contribution is 7.99. The number of benzene rings is 1. The van der Waals surface area contributed by atoms with Crippen molar-refractivity contribution in [1.82, 2.24) is 9.97 Å². The third kappa shape index (κ3) is 3.37. The van der Waals surface area contributed by atoms with Crippen LogP contribution >= 0.6 is 11.8 Å². The summed E-state index contributed by atoms with van der Waals surface area (Å²) in [6.45, 7) is 0. The topological polar surface area (TPSA) is 37.8 Å². The van der Waals surface area contributed by atoms with Crippen LogP contribution < -0.4 is 5.32 Å². The van der Waals surface area contributed by atoms with E-state index in [4.69, 9.17) is 0 Å². The van der Waals surface area contributed by atoms with Crippen LogP contribution in [0.15, 0.2) is 35.4 Å². The summed E-state index contributed by atoms with van der Waals surface area (Å²) >= 11 is 0.442. The van der Waals surface area contributed by atoms with Gasteiger partial charge in [0, 0.05) is 17.5 Å². The van der Waals surface area contributed by atoms with Crippen molar-refractivity contribution in [3.05, 3.63) is 36.3 Å². The summed E-state index contributed by atoms with van der Waals surface area (Å²) in [5.74, 6) is -2.74. The fourth-order valence-electron chi connectivity index (χ4n) is 1.48. The number of nitrogens with one attached hydrogen (secondary N) is 1. The quantitative estimate of drug-likeness (QED) is 0.870. The Bertz CT molecular complexity index is 561. The molecule has 0 spiro atoms. The molecule has 0 bridgehead atoms. The number of hydrogen-bond donors (Lipinski definition) is 1. The van der Waals surface area contributed by atoms with Crippen LogP contribution in [-0.2, 0) is 0 Å². The maximum atomic E-state index is 13.6. The lowest BCUT2D eigenvalue weighted by Gasteiger charge is -2.06. The monoisotopic (exact) mass is 285 g/mol. The van der Waals surface area contributed by atoms with Gasteiger partial charge in [-0.3, -0.25) is 0 Å². The number of alkyl halides is 2. The molecular weight excluding hydrogens is 275 g/mol. The van der Waals surface area contributed by atoms with E-state index in [0.29, 0.717) is 28.2 Å². The molecule has 0 fully saturated rings. The van der Waals surface area contributed by atoms with Gasteiger partial charge in [-0.05, 0) is 12.1 Å². The van der Waals surface area contributed by atoms with E-state index in [0.717, 1.165) is 6.20 Å². The van der Waals surface area contributed by atoms with E-state index >= 15 is 0 Å². The molecule has 0 aliphatic rings. The lowest BCUT2D eigenvalue weighted by atomic mass is 10.1. The van der Waals surface area contributed by atoms with Gasteiger partial charge in [-0.2, -0.15) is 8.78 Å². The highest BCUT2D eigenvalue weighted by atomic mass is 32.2. The van der Waals surface area contributed by atoms with E-state index in [9.17, 15) is 13.2 Å². The fourth-order valence-corrected chi connectivity index (χ4v) is 1.98. The van der Waals surface area contributed by atoms with Crippen LogP contribution in [-0.4, -0.2) is 22.8 Å². The van der Waals surface area contributed by atoms with Gasteiger partial charge in [0.25, 0.3) is 5.76 Å². The molecule has 3 nitrogen and oxygen atoms in total. The molecule has 19 heavy (non-hydrogen) atoms. The van der Waals surface area contributed by atoms with E-state index in [-0.39, 0.29) is 5.69 Å². The van der Waals surface area contributed by atoms with Crippen LogP contribution in [0.2, 0.25) is 0 Å². The van der Waals surface area contributed by atoms with Crippen molar-refractivity contribution >= 4 is 17.7 Å². The number of rotatable bonds is 4. The van der Waals surface area contributed by atoms with Gasteiger partial charge in [0.2, 0.25) is 5.95 Å². The summed E-state index contributed by atoms with van der Waals surface area (Å²) in [4.78, 5) is 8.16. The van der Waals surface area contributed by atoms with Gasteiger partial charge in [-0.1, -0.05) is 23.9 Å². The van der Waals surface area contributed by atoms with Crippen molar-refractivity contribution in [3.8, 4) is 11.3 Å². The molecule has 0 unspecified atom stereocenters. The predicted molar refractivity (Wildman–Crippen MR) is 68.8 cm³/mol. The van der Waals surface area contributed by atoms with E-state index in [1.165, 1.54) is 12.1 Å². The van der Waals surface area contributed by atoms with Crippen LogP contribution in [0.4, 0.5) is 19.1 Å². The highest BCUT2D eigenvalue weighted by Gasteiger charge is 2.10. The van der Waals surface area contributed by atoms with Crippen molar-refractivity contribution < 1.29 is 13.2 Å². The summed E-state index contributed by atoms with van der Waals surface area (Å²) < 4.78 is 38.0. The molecule has 100 valence electrons. The highest BCUT2D eigenvalue weighted by Crippen LogP contribution is 2.28. The molecule has 0 aliphatic carbocycles. The molecule has 0 saturated heterocycles. The number of hydrogen-bond acceptors (Lipinski definition) is 4. The maximum Gasteiger partial charge on any atom is 0.288 e. The van der Waals surface area contributed by atoms with Gasteiger partial charge in [0.1, 0.15) is 5.69 Å². The zero-order chi connectivity index (χ0) is 13.8. The Hall–Kier alpha value is -1.76. The van der Waals surface area contributed by atoms with Crippen molar-refractivity contribution in [2.24, 2.45) is 0 Å². The first-order valence-corrected chi connectivity index (χ1v) is 6.23. The van der Waals surface area contributed by atoms with Crippen LogP contribution in [0, 0.1) is 5.82 Å². The second kappa shape index (κ2) is 5.92. The minimum absolute atomic E-state index is 0.132. The molecule has 0 amide bonds. The van der Waals surface area contributed by atoms with E-state index in [2.05, 4.69) is 15.3 Å². The molecule has 0 radical (unpaired) electrons. The molecule has 1 aromatic heterocycles. The molecule has 1 heterocycles. The van der Waals surface area contributed by atoms with Gasteiger partial charge in [-0.15, -0.1) is 0 Å². The first kappa shape index (κ1) is 13.7. The summed E-state index contributed by atoms with van der Waals surface area (Å²) in [7, 11) is 1.62. The van der Waals surface area contributed by atoms with E-state index in [1.807, 2.05) is 0 Å². The van der Waals surface area contributed by atoms with Crippen LogP contribution in [0.5, 0.6) is 0 Å². The van der Waals surface area contributed by atoms with Crippen molar-refractivity contribution in [3.63, 3.8) is 0 Å². The van der Waals surface area contributed by atoms with Gasteiger partial charge in [-0.25, -0.2) is 14.4 Å². The number of nitrogens with zero attached hydrogens (tertiary/aromatic N) is 2. The number of aromatic nitrogens is 2. The number of thioether (sulfide) groups is 1. The molecule has 7 heteroatoms. The first-order chi connectivity index (χ1) is 9.10. The number of halogens is 3. The average molecular weight is 285 g/mol. The Morgan fingerprint density at radius 3 is 2.47 bits per heavy atom. The Kier molecular flexibility index (Phi) is 4.26. The van der Waals surface area contributed by atoms with Crippen molar-refractivity contribution in [1.29, 1.82) is 0 Å². The molecule has 2 aromatic rings. The molecule has 0 aliphatic heterocycles. The third-order valence-corrected chi connectivity index (χ3v) is 3.04. The fraction of sp³-hybridized carbons (Fsp3) is 0.167. The minimum Gasteiger partial charge on any atom is -0.357 e. The summed E-state index contributed by atoms with van der Waals surface area (Å²) in [6, 6.07) is 6.12. The largest absolute Gasteiger partial charge is 0.357 e.